The first-order valence-corrected chi connectivity index (χ1v) is 6.75. The highest BCUT2D eigenvalue weighted by molar-refractivity contribution is 7.11. The molecule has 0 aliphatic carbocycles. The molecule has 2 N–H and O–H groups in total. The van der Waals surface area contributed by atoms with Crippen LogP contribution in [0.5, 0.6) is 0 Å². The number of aryl methyl sites for hydroxylation is 1. The Morgan fingerprint density at radius 2 is 2.00 bits per heavy atom. The Morgan fingerprint density at radius 3 is 2.72 bits per heavy atom. The SMILES string of the molecule is CCNc1ccnc(NCc2nnc(CC)s2)n1. The minimum absolute atomic E-state index is 0.599. The van der Waals surface area contributed by atoms with Gasteiger partial charge in [-0.05, 0) is 19.4 Å². The number of rotatable bonds is 6. The summed E-state index contributed by atoms with van der Waals surface area (Å²) in [6.45, 7) is 5.55. The van der Waals surface area contributed by atoms with Crippen LogP contribution in [0.25, 0.3) is 0 Å². The lowest BCUT2D eigenvalue weighted by Gasteiger charge is -2.05. The summed E-state index contributed by atoms with van der Waals surface area (Å²) in [5.74, 6) is 1.42. The highest BCUT2D eigenvalue weighted by Gasteiger charge is 2.03. The van der Waals surface area contributed by atoms with E-state index in [1.54, 1.807) is 17.5 Å². The minimum atomic E-state index is 0.599. The van der Waals surface area contributed by atoms with Crippen molar-refractivity contribution < 1.29 is 0 Å². The van der Waals surface area contributed by atoms with Gasteiger partial charge in [-0.15, -0.1) is 10.2 Å². The quantitative estimate of drug-likeness (QED) is 0.830. The van der Waals surface area contributed by atoms with Crippen LogP contribution in [0.3, 0.4) is 0 Å². The van der Waals surface area contributed by atoms with Crippen LogP contribution in [-0.2, 0) is 13.0 Å². The highest BCUT2D eigenvalue weighted by Crippen LogP contribution is 2.12. The average molecular weight is 264 g/mol. The van der Waals surface area contributed by atoms with Crippen LogP contribution in [0, 0.1) is 0 Å². The molecule has 0 bridgehead atoms. The predicted octanol–water partition coefficient (Wildman–Crippen LogP) is 1.93. The Labute approximate surface area is 110 Å². The van der Waals surface area contributed by atoms with E-state index < -0.39 is 0 Å². The van der Waals surface area contributed by atoms with E-state index in [1.807, 2.05) is 13.0 Å². The number of hydrogen-bond acceptors (Lipinski definition) is 7. The maximum Gasteiger partial charge on any atom is 0.224 e. The third-order valence-electron chi connectivity index (χ3n) is 2.22. The summed E-state index contributed by atoms with van der Waals surface area (Å²) in [5.41, 5.74) is 0. The number of aromatic nitrogens is 4. The number of nitrogens with one attached hydrogen (secondary N) is 2. The summed E-state index contributed by atoms with van der Waals surface area (Å²) in [7, 11) is 0. The Kier molecular flexibility index (Phi) is 4.40. The Balaban J connectivity index is 1.94. The van der Waals surface area contributed by atoms with Crippen molar-refractivity contribution in [1.29, 1.82) is 0 Å². The lowest BCUT2D eigenvalue weighted by atomic mass is 10.5. The van der Waals surface area contributed by atoms with Crippen LogP contribution < -0.4 is 10.6 Å². The van der Waals surface area contributed by atoms with Crippen LogP contribution >= 0.6 is 11.3 Å². The summed E-state index contributed by atoms with van der Waals surface area (Å²) in [4.78, 5) is 8.49. The smallest absolute Gasteiger partial charge is 0.224 e. The van der Waals surface area contributed by atoms with Gasteiger partial charge in [0.1, 0.15) is 15.8 Å². The lowest BCUT2D eigenvalue weighted by molar-refractivity contribution is 0.931. The van der Waals surface area contributed by atoms with Crippen LogP contribution in [0.4, 0.5) is 11.8 Å². The van der Waals surface area contributed by atoms with Gasteiger partial charge in [0.15, 0.2) is 0 Å². The van der Waals surface area contributed by atoms with Crippen molar-refractivity contribution in [2.45, 2.75) is 26.8 Å². The van der Waals surface area contributed by atoms with Gasteiger partial charge in [0.05, 0.1) is 6.54 Å². The molecule has 0 aliphatic rings. The Bertz CT molecular complexity index is 498. The second kappa shape index (κ2) is 6.25. The van der Waals surface area contributed by atoms with Gasteiger partial charge in [0, 0.05) is 12.7 Å². The molecular weight excluding hydrogens is 248 g/mol. The van der Waals surface area contributed by atoms with Gasteiger partial charge in [-0.3, -0.25) is 0 Å². The van der Waals surface area contributed by atoms with E-state index in [4.69, 9.17) is 0 Å². The summed E-state index contributed by atoms with van der Waals surface area (Å²) in [6, 6.07) is 1.84. The van der Waals surface area contributed by atoms with Crippen molar-refractivity contribution in [2.24, 2.45) is 0 Å². The first-order chi connectivity index (χ1) is 8.81. The molecule has 0 atom stereocenters. The number of hydrogen-bond donors (Lipinski definition) is 2. The molecule has 0 amide bonds. The van der Waals surface area contributed by atoms with Crippen molar-refractivity contribution >= 4 is 23.1 Å². The molecule has 0 radical (unpaired) electrons. The molecule has 0 fully saturated rings. The van der Waals surface area contributed by atoms with E-state index in [0.29, 0.717) is 12.5 Å². The largest absolute Gasteiger partial charge is 0.370 e. The fraction of sp³-hybridized carbons (Fsp3) is 0.455. The molecule has 0 spiro atoms. The topological polar surface area (TPSA) is 75.6 Å². The normalized spacial score (nSPS) is 10.3. The summed E-state index contributed by atoms with van der Waals surface area (Å²) in [5, 5.41) is 16.4. The van der Waals surface area contributed by atoms with Crippen LogP contribution in [0.1, 0.15) is 23.9 Å². The molecule has 0 aliphatic heterocycles. The molecule has 2 heterocycles. The zero-order chi connectivity index (χ0) is 12.8. The fourth-order valence-electron chi connectivity index (χ4n) is 1.38. The molecule has 0 saturated heterocycles. The summed E-state index contributed by atoms with van der Waals surface area (Å²) >= 11 is 1.61. The summed E-state index contributed by atoms with van der Waals surface area (Å²) < 4.78 is 0. The molecule has 2 aromatic rings. The van der Waals surface area contributed by atoms with Crippen LogP contribution in [-0.4, -0.2) is 26.7 Å². The monoisotopic (exact) mass is 264 g/mol. The van der Waals surface area contributed by atoms with Crippen molar-refractivity contribution in [2.75, 3.05) is 17.2 Å². The standard InChI is InChI=1S/C11H16N6S/c1-3-9-16-17-10(18-9)7-14-11-13-6-5-8(15-11)12-4-2/h5-6H,3-4,7H2,1-2H3,(H2,12,13,14,15). The van der Waals surface area contributed by atoms with E-state index in [0.717, 1.165) is 28.8 Å². The molecule has 6 nitrogen and oxygen atoms in total. The summed E-state index contributed by atoms with van der Waals surface area (Å²) in [6.07, 6.45) is 2.65. The molecular formula is C11H16N6S. The van der Waals surface area contributed by atoms with E-state index in [9.17, 15) is 0 Å². The first-order valence-electron chi connectivity index (χ1n) is 5.93. The molecule has 0 saturated carbocycles. The second-order valence-corrected chi connectivity index (χ2v) is 4.74. The molecule has 0 aromatic carbocycles. The minimum Gasteiger partial charge on any atom is -0.370 e. The third-order valence-corrected chi connectivity index (χ3v) is 3.29. The zero-order valence-corrected chi connectivity index (χ0v) is 11.3. The Morgan fingerprint density at radius 1 is 1.17 bits per heavy atom. The maximum atomic E-state index is 4.33. The highest BCUT2D eigenvalue weighted by atomic mass is 32.1. The fourth-order valence-corrected chi connectivity index (χ4v) is 2.10. The molecule has 7 heteroatoms. The molecule has 18 heavy (non-hydrogen) atoms. The van der Waals surface area contributed by atoms with Gasteiger partial charge >= 0.3 is 0 Å². The zero-order valence-electron chi connectivity index (χ0n) is 10.5. The van der Waals surface area contributed by atoms with E-state index >= 15 is 0 Å². The molecule has 2 aromatic heterocycles. The molecule has 2 rings (SSSR count). The average Bonchev–Trinajstić information content (AvgIpc) is 2.85. The maximum absolute atomic E-state index is 4.33. The molecule has 0 unspecified atom stereocenters. The number of nitrogens with zero attached hydrogens (tertiary/aromatic N) is 4. The van der Waals surface area contributed by atoms with Crippen molar-refractivity contribution in [3.63, 3.8) is 0 Å². The van der Waals surface area contributed by atoms with Crippen LogP contribution in [0.2, 0.25) is 0 Å². The van der Waals surface area contributed by atoms with Gasteiger partial charge in [-0.1, -0.05) is 18.3 Å². The van der Waals surface area contributed by atoms with Gasteiger partial charge in [-0.25, -0.2) is 4.98 Å². The van der Waals surface area contributed by atoms with Crippen molar-refractivity contribution in [3.05, 3.63) is 22.3 Å². The van der Waals surface area contributed by atoms with Gasteiger partial charge in [-0.2, -0.15) is 4.98 Å². The third kappa shape index (κ3) is 3.36. The number of anilines is 2. The predicted molar refractivity (Wildman–Crippen MR) is 72.8 cm³/mol. The Hall–Kier alpha value is -1.76. The van der Waals surface area contributed by atoms with Gasteiger partial charge in [0.25, 0.3) is 0 Å². The van der Waals surface area contributed by atoms with Gasteiger partial charge in [0.2, 0.25) is 5.95 Å². The lowest BCUT2D eigenvalue weighted by Crippen LogP contribution is -2.06. The van der Waals surface area contributed by atoms with Crippen molar-refractivity contribution in [3.8, 4) is 0 Å². The second-order valence-electron chi connectivity index (χ2n) is 3.59. The van der Waals surface area contributed by atoms with E-state index in [1.165, 1.54) is 0 Å². The van der Waals surface area contributed by atoms with Crippen molar-refractivity contribution in [1.82, 2.24) is 20.2 Å². The van der Waals surface area contributed by atoms with E-state index in [2.05, 4.69) is 37.7 Å². The van der Waals surface area contributed by atoms with E-state index in [-0.39, 0.29) is 0 Å². The van der Waals surface area contributed by atoms with Gasteiger partial charge < -0.3 is 10.6 Å². The van der Waals surface area contributed by atoms with Crippen LogP contribution in [0.15, 0.2) is 12.3 Å². The molecule has 96 valence electrons. The first kappa shape index (κ1) is 12.7.